The number of benzene rings is 2. The fourth-order valence-corrected chi connectivity index (χ4v) is 3.42. The number of para-hydroxylation sites is 2. The van der Waals surface area contributed by atoms with E-state index in [0.29, 0.717) is 17.6 Å². The lowest BCUT2D eigenvalue weighted by Crippen LogP contribution is -2.18. The predicted molar refractivity (Wildman–Crippen MR) is 109 cm³/mol. The molecule has 0 N–H and O–H groups in total. The molecule has 8 heteroatoms. The molecular weight excluding hydrogens is 393 g/mol. The number of ether oxygens (including phenoxy) is 2. The molecule has 1 aromatic heterocycles. The summed E-state index contributed by atoms with van der Waals surface area (Å²) in [5.41, 5.74) is 0.821. The van der Waals surface area contributed by atoms with Gasteiger partial charge in [0.15, 0.2) is 22.5 Å². The lowest BCUT2D eigenvalue weighted by atomic mass is 10.3. The van der Waals surface area contributed by atoms with Gasteiger partial charge in [-0.1, -0.05) is 49.0 Å². The summed E-state index contributed by atoms with van der Waals surface area (Å²) in [6, 6.07) is 15.7. The zero-order valence-electron chi connectivity index (χ0n) is 16.2. The summed E-state index contributed by atoms with van der Waals surface area (Å²) in [6.07, 6.45) is 0.765. The maximum atomic E-state index is 13.9. The van der Waals surface area contributed by atoms with Crippen molar-refractivity contribution < 1.29 is 18.7 Å². The quantitative estimate of drug-likeness (QED) is 0.381. The molecule has 3 aromatic rings. The van der Waals surface area contributed by atoms with Gasteiger partial charge in [-0.25, -0.2) is 4.39 Å². The molecule has 6 nitrogen and oxygen atoms in total. The maximum absolute atomic E-state index is 13.9. The van der Waals surface area contributed by atoms with Gasteiger partial charge >= 0.3 is 5.97 Å². The number of nitrogens with zero attached hydrogens (tertiary/aromatic N) is 3. The third-order valence-electron chi connectivity index (χ3n) is 3.97. The van der Waals surface area contributed by atoms with E-state index in [1.165, 1.54) is 17.8 Å². The monoisotopic (exact) mass is 415 g/mol. The van der Waals surface area contributed by atoms with Crippen LogP contribution >= 0.6 is 11.8 Å². The summed E-state index contributed by atoms with van der Waals surface area (Å²) in [4.78, 5) is 12.1. The largest absolute Gasteiger partial charge is 0.483 e. The van der Waals surface area contributed by atoms with Crippen LogP contribution in [0.1, 0.15) is 26.1 Å². The number of rotatable bonds is 9. The van der Waals surface area contributed by atoms with Crippen LogP contribution in [-0.4, -0.2) is 32.6 Å². The Kier molecular flexibility index (Phi) is 7.24. The van der Waals surface area contributed by atoms with E-state index in [9.17, 15) is 9.18 Å². The lowest BCUT2D eigenvalue weighted by molar-refractivity contribution is -0.142. The van der Waals surface area contributed by atoms with Crippen molar-refractivity contribution >= 4 is 17.7 Å². The minimum atomic E-state index is -0.450. The van der Waals surface area contributed by atoms with Gasteiger partial charge < -0.3 is 9.47 Å². The second-order valence-electron chi connectivity index (χ2n) is 6.22. The first-order chi connectivity index (χ1) is 14.1. The molecule has 0 aliphatic carbocycles. The average molecular weight is 415 g/mol. The fraction of sp³-hybridized carbons (Fsp3) is 0.286. The topological polar surface area (TPSA) is 66.2 Å². The van der Waals surface area contributed by atoms with Gasteiger partial charge in [0.2, 0.25) is 0 Å². The van der Waals surface area contributed by atoms with E-state index in [0.717, 1.165) is 12.1 Å². The Morgan fingerprint density at radius 3 is 2.59 bits per heavy atom. The fourth-order valence-electron chi connectivity index (χ4n) is 2.54. The van der Waals surface area contributed by atoms with Crippen LogP contribution in [-0.2, 0) is 16.1 Å². The Bertz CT molecular complexity index is 949. The second-order valence-corrected chi connectivity index (χ2v) is 7.52. The molecule has 0 saturated heterocycles. The van der Waals surface area contributed by atoms with Crippen molar-refractivity contribution in [2.75, 3.05) is 6.61 Å². The van der Waals surface area contributed by atoms with Gasteiger partial charge in [-0.3, -0.25) is 9.36 Å². The van der Waals surface area contributed by atoms with E-state index in [2.05, 4.69) is 10.2 Å². The third-order valence-corrected chi connectivity index (χ3v) is 4.99. The molecule has 0 aliphatic rings. The Hall–Kier alpha value is -2.87. The number of hydrogen-bond acceptors (Lipinski definition) is 6. The minimum Gasteiger partial charge on any atom is -0.483 e. The molecule has 152 valence electrons. The van der Waals surface area contributed by atoms with Crippen LogP contribution in [0.5, 0.6) is 5.75 Å². The van der Waals surface area contributed by atoms with Crippen molar-refractivity contribution in [3.63, 3.8) is 0 Å². The highest BCUT2D eigenvalue weighted by Gasteiger charge is 2.22. The smallest absolute Gasteiger partial charge is 0.319 e. The first-order valence-corrected chi connectivity index (χ1v) is 10.2. The first-order valence-electron chi connectivity index (χ1n) is 9.30. The number of aromatic nitrogens is 3. The number of halogens is 1. The molecule has 29 heavy (non-hydrogen) atoms. The van der Waals surface area contributed by atoms with Crippen molar-refractivity contribution in [3.8, 4) is 11.4 Å². The minimum absolute atomic E-state index is 0.0258. The third kappa shape index (κ3) is 5.35. The summed E-state index contributed by atoms with van der Waals surface area (Å²) >= 11 is 1.25. The molecule has 1 heterocycles. The van der Waals surface area contributed by atoms with Crippen LogP contribution in [0.4, 0.5) is 4.39 Å². The van der Waals surface area contributed by atoms with E-state index < -0.39 is 11.1 Å². The zero-order valence-corrected chi connectivity index (χ0v) is 17.1. The molecule has 2 aromatic carbocycles. The summed E-state index contributed by atoms with van der Waals surface area (Å²) in [7, 11) is 0. The van der Waals surface area contributed by atoms with Crippen molar-refractivity contribution in [2.24, 2.45) is 0 Å². The summed E-state index contributed by atoms with van der Waals surface area (Å²) < 4.78 is 26.5. The SMILES string of the molecule is CCCOC(=O)C(C)Sc1nnc(COc2ccccc2F)n1-c1ccccc1. The van der Waals surface area contributed by atoms with E-state index in [4.69, 9.17) is 9.47 Å². The number of hydrogen-bond donors (Lipinski definition) is 0. The van der Waals surface area contributed by atoms with Crippen molar-refractivity contribution in [1.82, 2.24) is 14.8 Å². The Morgan fingerprint density at radius 2 is 1.86 bits per heavy atom. The number of carbonyl (C=O) groups is 1. The second kappa shape index (κ2) is 10.1. The average Bonchev–Trinajstić information content (AvgIpc) is 3.14. The molecule has 1 unspecified atom stereocenters. The van der Waals surface area contributed by atoms with Gasteiger partial charge in [-0.2, -0.15) is 0 Å². The zero-order chi connectivity index (χ0) is 20.6. The molecule has 0 bridgehead atoms. The standard InChI is InChI=1S/C21H22FN3O3S/c1-3-13-27-20(26)15(2)29-21-24-23-19(25(21)16-9-5-4-6-10-16)14-28-18-12-8-7-11-17(18)22/h4-12,15H,3,13-14H2,1-2H3. The molecule has 3 rings (SSSR count). The molecule has 1 atom stereocenters. The van der Waals surface area contributed by atoms with Gasteiger partial charge in [0, 0.05) is 5.69 Å². The van der Waals surface area contributed by atoms with E-state index in [1.54, 1.807) is 29.7 Å². The number of thioether (sulfide) groups is 1. The Balaban J connectivity index is 1.84. The predicted octanol–water partition coefficient (Wildman–Crippen LogP) is 4.42. The van der Waals surface area contributed by atoms with Crippen LogP contribution in [0.3, 0.4) is 0 Å². The van der Waals surface area contributed by atoms with Crippen LogP contribution in [0, 0.1) is 5.82 Å². The van der Waals surface area contributed by atoms with Crippen LogP contribution < -0.4 is 4.74 Å². The molecule has 0 spiro atoms. The van der Waals surface area contributed by atoms with E-state index in [1.807, 2.05) is 37.3 Å². The summed E-state index contributed by atoms with van der Waals surface area (Å²) in [6.45, 7) is 4.12. The normalized spacial score (nSPS) is 11.8. The Labute approximate surface area is 173 Å². The molecule has 0 saturated carbocycles. The summed E-state index contributed by atoms with van der Waals surface area (Å²) in [5, 5.41) is 8.51. The maximum Gasteiger partial charge on any atom is 0.319 e. The van der Waals surface area contributed by atoms with E-state index >= 15 is 0 Å². The first kappa shape index (κ1) is 20.9. The van der Waals surface area contributed by atoms with Crippen LogP contribution in [0.15, 0.2) is 59.8 Å². The molecule has 0 radical (unpaired) electrons. The highest BCUT2D eigenvalue weighted by molar-refractivity contribution is 8.00. The Morgan fingerprint density at radius 1 is 1.14 bits per heavy atom. The van der Waals surface area contributed by atoms with Gasteiger partial charge in [0.1, 0.15) is 11.9 Å². The highest BCUT2D eigenvalue weighted by atomic mass is 32.2. The molecule has 0 amide bonds. The highest BCUT2D eigenvalue weighted by Crippen LogP contribution is 2.27. The molecular formula is C21H22FN3O3S. The van der Waals surface area contributed by atoms with Crippen LogP contribution in [0.2, 0.25) is 0 Å². The number of carbonyl (C=O) groups excluding carboxylic acids is 1. The van der Waals surface area contributed by atoms with Gasteiger partial charge in [-0.05, 0) is 37.6 Å². The van der Waals surface area contributed by atoms with E-state index in [-0.39, 0.29) is 18.3 Å². The molecule has 0 aliphatic heterocycles. The van der Waals surface area contributed by atoms with Crippen molar-refractivity contribution in [2.45, 2.75) is 37.3 Å². The summed E-state index contributed by atoms with van der Waals surface area (Å²) in [5.74, 6) is -0.110. The van der Waals surface area contributed by atoms with Crippen LogP contribution in [0.25, 0.3) is 5.69 Å². The lowest BCUT2D eigenvalue weighted by Gasteiger charge is -2.13. The van der Waals surface area contributed by atoms with Crippen molar-refractivity contribution in [3.05, 3.63) is 66.2 Å². The number of esters is 1. The van der Waals surface area contributed by atoms with Crippen molar-refractivity contribution in [1.29, 1.82) is 0 Å². The van der Waals surface area contributed by atoms with Gasteiger partial charge in [0.05, 0.1) is 6.61 Å². The molecule has 0 fully saturated rings. The van der Waals surface area contributed by atoms with Gasteiger partial charge in [0.25, 0.3) is 0 Å². The van der Waals surface area contributed by atoms with Gasteiger partial charge in [-0.15, -0.1) is 10.2 Å².